The van der Waals surface area contributed by atoms with Crippen LogP contribution in [-0.2, 0) is 16.4 Å². The third-order valence-corrected chi connectivity index (χ3v) is 5.36. The van der Waals surface area contributed by atoms with Crippen LogP contribution in [0.4, 0.5) is 24.5 Å². The molecule has 31 heavy (non-hydrogen) atoms. The first kappa shape index (κ1) is 20.9. The minimum atomic E-state index is -4.41. The molecule has 1 aromatic heterocycles. The summed E-state index contributed by atoms with van der Waals surface area (Å²) in [6.45, 7) is 1.69. The first-order chi connectivity index (χ1) is 14.7. The molecule has 1 aliphatic rings. The topological polar surface area (TPSA) is 91.5 Å². The zero-order valence-electron chi connectivity index (χ0n) is 16.5. The van der Waals surface area contributed by atoms with E-state index in [9.17, 15) is 23.1 Å². The molecule has 1 amide bonds. The van der Waals surface area contributed by atoms with Gasteiger partial charge in [0.15, 0.2) is 0 Å². The zero-order chi connectivity index (χ0) is 22.2. The number of nitrogens with zero attached hydrogens (tertiary/aromatic N) is 3. The first-order valence-corrected chi connectivity index (χ1v) is 9.50. The molecule has 2 N–H and O–H groups in total. The molecule has 10 heteroatoms. The number of hydrogen-bond acceptors (Lipinski definition) is 6. The van der Waals surface area contributed by atoms with E-state index < -0.39 is 17.2 Å². The maximum Gasteiger partial charge on any atom is 0.416 e. The van der Waals surface area contributed by atoms with Crippen molar-refractivity contribution in [2.75, 3.05) is 18.6 Å². The quantitative estimate of drug-likeness (QED) is 0.635. The smallest absolute Gasteiger partial charge is 0.416 e. The average molecular weight is 432 g/mol. The number of para-hydroxylation sites is 1. The Morgan fingerprint density at radius 3 is 2.52 bits per heavy atom. The molecule has 3 aromatic rings. The summed E-state index contributed by atoms with van der Waals surface area (Å²) in [6, 6.07) is 11.6. The van der Waals surface area contributed by atoms with E-state index in [-0.39, 0.29) is 24.4 Å². The number of halogens is 3. The second-order valence-electron chi connectivity index (χ2n) is 7.45. The van der Waals surface area contributed by atoms with E-state index >= 15 is 0 Å². The highest BCUT2D eigenvalue weighted by Gasteiger charge is 2.48. The van der Waals surface area contributed by atoms with Crippen LogP contribution in [-0.4, -0.2) is 39.4 Å². The molecule has 1 atom stereocenters. The number of hydrogen-bond donors (Lipinski definition) is 2. The molecule has 1 aliphatic heterocycles. The van der Waals surface area contributed by atoms with Gasteiger partial charge in [0.2, 0.25) is 17.7 Å². The lowest BCUT2D eigenvalue weighted by molar-refractivity contribution is -0.137. The number of anilines is 2. The Hall–Kier alpha value is -3.40. The Kier molecular flexibility index (Phi) is 5.18. The van der Waals surface area contributed by atoms with Crippen LogP contribution in [0.1, 0.15) is 24.8 Å². The molecule has 0 spiro atoms. The number of amides is 1. The Morgan fingerprint density at radius 2 is 1.87 bits per heavy atom. The number of alkyl halides is 3. The zero-order valence-corrected chi connectivity index (χ0v) is 16.5. The lowest BCUT2D eigenvalue weighted by atomic mass is 9.89. The lowest BCUT2D eigenvalue weighted by Crippen LogP contribution is -2.36. The SMILES string of the molecule is C[C@@]1(c2nnc(-c3ccccc3Nc3ccc(C(F)(F)F)cc3)o2)CCN(CO)C1=O. The van der Waals surface area contributed by atoms with E-state index in [1.807, 2.05) is 0 Å². The van der Waals surface area contributed by atoms with Crippen LogP contribution in [0.25, 0.3) is 11.5 Å². The van der Waals surface area contributed by atoms with Gasteiger partial charge in [0.25, 0.3) is 0 Å². The van der Waals surface area contributed by atoms with Crippen LogP contribution in [0.15, 0.2) is 52.9 Å². The van der Waals surface area contributed by atoms with Gasteiger partial charge < -0.3 is 19.7 Å². The second kappa shape index (κ2) is 7.69. The molecule has 4 rings (SSSR count). The molecule has 0 aliphatic carbocycles. The fourth-order valence-electron chi connectivity index (χ4n) is 3.48. The molecule has 7 nitrogen and oxygen atoms in total. The standard InChI is InChI=1S/C21H19F3N4O3/c1-20(10-11-28(12-29)19(20)30)18-27-26-17(31-18)15-4-2-3-5-16(15)25-14-8-6-13(7-9-14)21(22,23)24/h2-9,25,29H,10-12H2,1H3/t20-/m0/s1. The number of carbonyl (C=O) groups excluding carboxylic acids is 1. The van der Waals surface area contributed by atoms with Gasteiger partial charge in [0.1, 0.15) is 12.1 Å². The average Bonchev–Trinajstić information content (AvgIpc) is 3.35. The number of benzene rings is 2. The van der Waals surface area contributed by atoms with Crippen LogP contribution in [0.2, 0.25) is 0 Å². The van der Waals surface area contributed by atoms with Crippen LogP contribution in [0, 0.1) is 0 Å². The van der Waals surface area contributed by atoms with Gasteiger partial charge in [0.05, 0.1) is 16.8 Å². The van der Waals surface area contributed by atoms with Gasteiger partial charge >= 0.3 is 6.18 Å². The number of aliphatic hydroxyl groups excluding tert-OH is 1. The molecule has 2 aromatic carbocycles. The number of aromatic nitrogens is 2. The van der Waals surface area contributed by atoms with E-state index in [4.69, 9.17) is 4.42 Å². The van der Waals surface area contributed by atoms with E-state index in [2.05, 4.69) is 15.5 Å². The van der Waals surface area contributed by atoms with Crippen molar-refractivity contribution >= 4 is 17.3 Å². The number of rotatable bonds is 5. The Bertz CT molecular complexity index is 1100. The summed E-state index contributed by atoms with van der Waals surface area (Å²) in [7, 11) is 0. The molecule has 0 radical (unpaired) electrons. The predicted molar refractivity (Wildman–Crippen MR) is 105 cm³/mol. The predicted octanol–water partition coefficient (Wildman–Crippen LogP) is 3.94. The van der Waals surface area contributed by atoms with Gasteiger partial charge in [-0.2, -0.15) is 13.2 Å². The molecular weight excluding hydrogens is 413 g/mol. The minimum Gasteiger partial charge on any atom is -0.419 e. The summed E-state index contributed by atoms with van der Waals surface area (Å²) in [5.41, 5.74) is -0.216. The van der Waals surface area contributed by atoms with Crippen LogP contribution in [0.5, 0.6) is 0 Å². The molecule has 1 fully saturated rings. The van der Waals surface area contributed by atoms with Crippen molar-refractivity contribution in [1.29, 1.82) is 0 Å². The van der Waals surface area contributed by atoms with Crippen LogP contribution >= 0.6 is 0 Å². The maximum atomic E-state index is 12.8. The third kappa shape index (κ3) is 3.86. The van der Waals surface area contributed by atoms with E-state index in [0.29, 0.717) is 29.9 Å². The van der Waals surface area contributed by atoms with Crippen molar-refractivity contribution in [3.05, 3.63) is 60.0 Å². The van der Waals surface area contributed by atoms with Gasteiger partial charge in [-0.15, -0.1) is 10.2 Å². The molecular formula is C21H19F3N4O3. The highest BCUT2D eigenvalue weighted by atomic mass is 19.4. The highest BCUT2D eigenvalue weighted by molar-refractivity contribution is 5.88. The lowest BCUT2D eigenvalue weighted by Gasteiger charge is -2.18. The number of likely N-dealkylation sites (tertiary alicyclic amines) is 1. The molecule has 0 unspecified atom stereocenters. The monoisotopic (exact) mass is 432 g/mol. The maximum absolute atomic E-state index is 12.8. The Labute approximate surface area is 175 Å². The number of aliphatic hydroxyl groups is 1. The fourth-order valence-corrected chi connectivity index (χ4v) is 3.48. The molecule has 162 valence electrons. The second-order valence-corrected chi connectivity index (χ2v) is 7.45. The van der Waals surface area contributed by atoms with Crippen molar-refractivity contribution < 1.29 is 27.5 Å². The summed E-state index contributed by atoms with van der Waals surface area (Å²) in [4.78, 5) is 13.9. The van der Waals surface area contributed by atoms with Crippen molar-refractivity contribution in [1.82, 2.24) is 15.1 Å². The van der Waals surface area contributed by atoms with E-state index in [0.717, 1.165) is 12.1 Å². The Balaban J connectivity index is 1.61. The van der Waals surface area contributed by atoms with Crippen molar-refractivity contribution in [2.45, 2.75) is 24.9 Å². The van der Waals surface area contributed by atoms with E-state index in [1.54, 1.807) is 31.2 Å². The van der Waals surface area contributed by atoms with Crippen molar-refractivity contribution in [3.63, 3.8) is 0 Å². The van der Waals surface area contributed by atoms with Gasteiger partial charge in [-0.3, -0.25) is 4.79 Å². The summed E-state index contributed by atoms with van der Waals surface area (Å²) in [6.07, 6.45) is -3.98. The fraction of sp³-hybridized carbons (Fsp3) is 0.286. The van der Waals surface area contributed by atoms with Crippen molar-refractivity contribution in [2.24, 2.45) is 0 Å². The summed E-state index contributed by atoms with van der Waals surface area (Å²) in [5, 5.41) is 20.5. The van der Waals surface area contributed by atoms with Gasteiger partial charge in [-0.05, 0) is 49.7 Å². The Morgan fingerprint density at radius 1 is 1.16 bits per heavy atom. The van der Waals surface area contributed by atoms with Gasteiger partial charge in [0, 0.05) is 12.2 Å². The number of nitrogens with one attached hydrogen (secondary N) is 1. The van der Waals surface area contributed by atoms with Gasteiger partial charge in [-0.25, -0.2) is 0 Å². The summed E-state index contributed by atoms with van der Waals surface area (Å²) < 4.78 is 44.2. The van der Waals surface area contributed by atoms with E-state index in [1.165, 1.54) is 17.0 Å². The normalized spacial score (nSPS) is 19.1. The van der Waals surface area contributed by atoms with Crippen LogP contribution in [0.3, 0.4) is 0 Å². The summed E-state index contributed by atoms with van der Waals surface area (Å²) in [5.74, 6) is 0.0237. The first-order valence-electron chi connectivity index (χ1n) is 9.50. The minimum absolute atomic E-state index is 0.146. The molecule has 1 saturated heterocycles. The summed E-state index contributed by atoms with van der Waals surface area (Å²) >= 11 is 0. The van der Waals surface area contributed by atoms with Crippen molar-refractivity contribution in [3.8, 4) is 11.5 Å². The largest absolute Gasteiger partial charge is 0.419 e. The van der Waals surface area contributed by atoms with Crippen LogP contribution < -0.4 is 5.32 Å². The molecule has 0 saturated carbocycles. The third-order valence-electron chi connectivity index (χ3n) is 5.36. The van der Waals surface area contributed by atoms with Gasteiger partial charge in [-0.1, -0.05) is 12.1 Å². The highest BCUT2D eigenvalue weighted by Crippen LogP contribution is 2.37. The molecule has 2 heterocycles. The molecule has 0 bridgehead atoms. The number of carbonyl (C=O) groups is 1.